The van der Waals surface area contributed by atoms with Crippen molar-refractivity contribution in [3.8, 4) is 22.5 Å². The maximum absolute atomic E-state index is 4.72. The van der Waals surface area contributed by atoms with Crippen LogP contribution in [0.5, 0.6) is 0 Å². The average molecular weight is 273 g/mol. The third-order valence-corrected chi connectivity index (χ3v) is 3.82. The van der Waals surface area contributed by atoms with Crippen molar-refractivity contribution in [2.75, 3.05) is 0 Å². The Morgan fingerprint density at radius 1 is 0.905 bits per heavy atom. The molecule has 4 rings (SSSR count). The van der Waals surface area contributed by atoms with Crippen LogP contribution in [0.25, 0.3) is 33.4 Å². The van der Waals surface area contributed by atoms with E-state index >= 15 is 0 Å². The number of hydrogen-bond donors (Lipinski definition) is 1. The minimum absolute atomic E-state index is 1.02. The molecule has 2 aromatic heterocycles. The molecule has 0 bridgehead atoms. The molecule has 0 saturated heterocycles. The topological polar surface area (TPSA) is 33.6 Å². The van der Waals surface area contributed by atoms with Gasteiger partial charge in [0, 0.05) is 24.2 Å². The molecule has 0 amide bonds. The van der Waals surface area contributed by atoms with E-state index in [1.165, 1.54) is 10.9 Å². The van der Waals surface area contributed by atoms with Crippen molar-refractivity contribution in [1.29, 1.82) is 0 Å². The van der Waals surface area contributed by atoms with E-state index in [9.17, 15) is 0 Å². The number of benzene rings is 2. The Labute approximate surface area is 122 Å². The molecule has 102 valence electrons. The second-order valence-electron chi connectivity index (χ2n) is 5.12. The first-order chi connectivity index (χ1) is 10.3. The lowest BCUT2D eigenvalue weighted by Crippen LogP contribution is -1.89. The summed E-state index contributed by atoms with van der Waals surface area (Å²) in [5, 5.41) is 5.89. The number of nitrogens with zero attached hydrogens (tertiary/aromatic N) is 2. The SMILES string of the molecule is Cn1nc(-c2cc[nH]c2-c2ccccc2)c2ccccc21. The second-order valence-corrected chi connectivity index (χ2v) is 5.12. The summed E-state index contributed by atoms with van der Waals surface area (Å²) in [7, 11) is 1.99. The van der Waals surface area contributed by atoms with Crippen LogP contribution in [-0.2, 0) is 7.05 Å². The van der Waals surface area contributed by atoms with Crippen LogP contribution >= 0.6 is 0 Å². The summed E-state index contributed by atoms with van der Waals surface area (Å²) in [6.45, 7) is 0. The first kappa shape index (κ1) is 12.0. The molecule has 21 heavy (non-hydrogen) atoms. The van der Waals surface area contributed by atoms with E-state index in [2.05, 4.69) is 53.5 Å². The fourth-order valence-electron chi connectivity index (χ4n) is 2.82. The number of aromatic amines is 1. The Hall–Kier alpha value is -2.81. The van der Waals surface area contributed by atoms with Gasteiger partial charge < -0.3 is 4.98 Å². The van der Waals surface area contributed by atoms with Crippen LogP contribution < -0.4 is 0 Å². The van der Waals surface area contributed by atoms with Gasteiger partial charge in [-0.1, -0.05) is 48.5 Å². The molecule has 2 aromatic carbocycles. The van der Waals surface area contributed by atoms with E-state index in [1.54, 1.807) is 0 Å². The Morgan fingerprint density at radius 3 is 2.52 bits per heavy atom. The molecule has 0 aliphatic rings. The Balaban J connectivity index is 1.97. The number of nitrogens with one attached hydrogen (secondary N) is 1. The average Bonchev–Trinajstić information content (AvgIpc) is 3.13. The number of fused-ring (bicyclic) bond motifs is 1. The van der Waals surface area contributed by atoms with Crippen LogP contribution in [-0.4, -0.2) is 14.8 Å². The molecule has 3 heteroatoms. The van der Waals surface area contributed by atoms with Crippen molar-refractivity contribution in [1.82, 2.24) is 14.8 Å². The van der Waals surface area contributed by atoms with E-state index < -0.39 is 0 Å². The van der Waals surface area contributed by atoms with E-state index in [0.29, 0.717) is 0 Å². The fraction of sp³-hybridized carbons (Fsp3) is 0.0556. The molecule has 1 N–H and O–H groups in total. The first-order valence-corrected chi connectivity index (χ1v) is 6.99. The highest BCUT2D eigenvalue weighted by Gasteiger charge is 2.15. The van der Waals surface area contributed by atoms with Gasteiger partial charge in [-0.05, 0) is 17.7 Å². The van der Waals surface area contributed by atoms with Crippen molar-refractivity contribution in [3.63, 3.8) is 0 Å². The predicted octanol–water partition coefficient (Wildman–Crippen LogP) is 4.24. The van der Waals surface area contributed by atoms with Crippen LogP contribution in [0.15, 0.2) is 66.9 Å². The van der Waals surface area contributed by atoms with Crippen molar-refractivity contribution < 1.29 is 0 Å². The molecule has 0 saturated carbocycles. The van der Waals surface area contributed by atoms with Crippen molar-refractivity contribution in [3.05, 3.63) is 66.9 Å². The van der Waals surface area contributed by atoms with Gasteiger partial charge in [-0.2, -0.15) is 5.10 Å². The molecular weight excluding hydrogens is 258 g/mol. The zero-order chi connectivity index (χ0) is 14.2. The van der Waals surface area contributed by atoms with Crippen molar-refractivity contribution in [2.45, 2.75) is 0 Å². The third-order valence-electron chi connectivity index (χ3n) is 3.82. The monoisotopic (exact) mass is 273 g/mol. The van der Waals surface area contributed by atoms with E-state index in [1.807, 2.05) is 30.1 Å². The van der Waals surface area contributed by atoms with E-state index in [0.717, 1.165) is 22.5 Å². The van der Waals surface area contributed by atoms with Gasteiger partial charge in [0.1, 0.15) is 5.69 Å². The van der Waals surface area contributed by atoms with Gasteiger partial charge in [0.05, 0.1) is 11.2 Å². The van der Waals surface area contributed by atoms with Gasteiger partial charge in [-0.3, -0.25) is 4.68 Å². The molecule has 0 atom stereocenters. The third kappa shape index (κ3) is 1.86. The molecule has 3 nitrogen and oxygen atoms in total. The van der Waals surface area contributed by atoms with E-state index in [-0.39, 0.29) is 0 Å². The van der Waals surface area contributed by atoms with Crippen LogP contribution in [0.2, 0.25) is 0 Å². The van der Waals surface area contributed by atoms with Crippen LogP contribution in [0.3, 0.4) is 0 Å². The molecule has 0 aliphatic carbocycles. The summed E-state index contributed by atoms with van der Waals surface area (Å²) in [6.07, 6.45) is 1.97. The normalized spacial score (nSPS) is 11.1. The van der Waals surface area contributed by atoms with Gasteiger partial charge in [0.2, 0.25) is 0 Å². The molecule has 0 fully saturated rings. The van der Waals surface area contributed by atoms with Crippen molar-refractivity contribution >= 4 is 10.9 Å². The molecule has 4 aromatic rings. The highest BCUT2D eigenvalue weighted by Crippen LogP contribution is 2.34. The lowest BCUT2D eigenvalue weighted by Gasteiger charge is -2.02. The lowest BCUT2D eigenvalue weighted by atomic mass is 10.0. The van der Waals surface area contributed by atoms with Crippen LogP contribution in [0, 0.1) is 0 Å². The summed E-state index contributed by atoms with van der Waals surface area (Å²) >= 11 is 0. The molecule has 0 spiro atoms. The van der Waals surface area contributed by atoms with Gasteiger partial charge in [-0.25, -0.2) is 0 Å². The summed E-state index contributed by atoms with van der Waals surface area (Å²) < 4.78 is 1.94. The highest BCUT2D eigenvalue weighted by molar-refractivity contribution is 5.97. The lowest BCUT2D eigenvalue weighted by molar-refractivity contribution is 0.801. The van der Waals surface area contributed by atoms with Gasteiger partial charge in [0.15, 0.2) is 0 Å². The smallest absolute Gasteiger partial charge is 0.102 e. The van der Waals surface area contributed by atoms with Crippen molar-refractivity contribution in [2.24, 2.45) is 7.05 Å². The number of aryl methyl sites for hydroxylation is 1. The number of para-hydroxylation sites is 1. The number of H-pyrrole nitrogens is 1. The predicted molar refractivity (Wildman–Crippen MR) is 85.9 cm³/mol. The van der Waals surface area contributed by atoms with Crippen LogP contribution in [0.1, 0.15) is 0 Å². The second kappa shape index (κ2) is 4.63. The highest BCUT2D eigenvalue weighted by atomic mass is 15.3. The minimum Gasteiger partial charge on any atom is -0.361 e. The summed E-state index contributed by atoms with van der Waals surface area (Å²) in [5.41, 5.74) is 5.59. The minimum atomic E-state index is 1.02. The number of rotatable bonds is 2. The molecule has 0 radical (unpaired) electrons. The maximum atomic E-state index is 4.72. The molecule has 0 aliphatic heterocycles. The summed E-state index contributed by atoms with van der Waals surface area (Å²) in [6, 6.07) is 20.8. The van der Waals surface area contributed by atoms with Crippen LogP contribution in [0.4, 0.5) is 0 Å². The quantitative estimate of drug-likeness (QED) is 0.582. The zero-order valence-electron chi connectivity index (χ0n) is 11.7. The molecule has 0 unspecified atom stereocenters. The Bertz CT molecular complexity index is 901. The maximum Gasteiger partial charge on any atom is 0.102 e. The largest absolute Gasteiger partial charge is 0.361 e. The van der Waals surface area contributed by atoms with E-state index in [4.69, 9.17) is 5.10 Å². The van der Waals surface area contributed by atoms with Gasteiger partial charge in [-0.15, -0.1) is 0 Å². The van der Waals surface area contributed by atoms with Gasteiger partial charge in [0.25, 0.3) is 0 Å². The standard InChI is InChI=1S/C18H15N3/c1-21-16-10-6-5-9-14(16)18(20-21)15-11-12-19-17(15)13-7-3-2-4-8-13/h2-12,19H,1H3. The fourth-order valence-corrected chi connectivity index (χ4v) is 2.82. The zero-order valence-corrected chi connectivity index (χ0v) is 11.7. The molecule has 2 heterocycles. The first-order valence-electron chi connectivity index (χ1n) is 6.99. The number of aromatic nitrogens is 3. The summed E-state index contributed by atoms with van der Waals surface area (Å²) in [5.74, 6) is 0. The Kier molecular flexibility index (Phi) is 2.64. The summed E-state index contributed by atoms with van der Waals surface area (Å²) in [4.78, 5) is 3.35. The molecular formula is C18H15N3. The van der Waals surface area contributed by atoms with Gasteiger partial charge >= 0.3 is 0 Å². The Morgan fingerprint density at radius 2 is 1.67 bits per heavy atom. The number of hydrogen-bond acceptors (Lipinski definition) is 1.